The molecule has 0 aromatic heterocycles. The number of benzene rings is 1. The van der Waals surface area contributed by atoms with Gasteiger partial charge in [-0.3, -0.25) is 4.79 Å². The van der Waals surface area contributed by atoms with Gasteiger partial charge >= 0.3 is 5.97 Å². The van der Waals surface area contributed by atoms with Crippen LogP contribution in [-0.4, -0.2) is 11.1 Å². The molecule has 0 fully saturated rings. The van der Waals surface area contributed by atoms with Crippen LogP contribution in [0, 0.1) is 26.7 Å². The molecule has 3 N–H and O–H groups in total. The summed E-state index contributed by atoms with van der Waals surface area (Å²) in [5, 5.41) is 8.81. The van der Waals surface area contributed by atoms with Crippen LogP contribution in [0.5, 0.6) is 0 Å². The first-order chi connectivity index (χ1) is 7.82. The number of rotatable bonds is 4. The molecule has 0 bridgehead atoms. The summed E-state index contributed by atoms with van der Waals surface area (Å²) < 4.78 is 0. The molecule has 0 aliphatic heterocycles. The van der Waals surface area contributed by atoms with Crippen molar-refractivity contribution in [2.75, 3.05) is 0 Å². The summed E-state index contributed by atoms with van der Waals surface area (Å²) in [4.78, 5) is 10.7. The van der Waals surface area contributed by atoms with Gasteiger partial charge in [0.2, 0.25) is 0 Å². The molecule has 94 valence electrons. The number of aliphatic carboxylic acids is 1. The Morgan fingerprint density at radius 1 is 1.29 bits per heavy atom. The summed E-state index contributed by atoms with van der Waals surface area (Å²) >= 11 is 0. The van der Waals surface area contributed by atoms with E-state index in [1.165, 1.54) is 5.56 Å². The lowest BCUT2D eigenvalue weighted by Gasteiger charge is -2.23. The number of carboxylic acid groups (broad SMARTS) is 1. The minimum atomic E-state index is -0.796. The fourth-order valence-corrected chi connectivity index (χ4v) is 2.40. The van der Waals surface area contributed by atoms with Gasteiger partial charge in [-0.2, -0.15) is 0 Å². The Morgan fingerprint density at radius 2 is 1.76 bits per heavy atom. The van der Waals surface area contributed by atoms with Crippen LogP contribution in [0.1, 0.15) is 41.6 Å². The third kappa shape index (κ3) is 3.30. The van der Waals surface area contributed by atoms with Crippen molar-refractivity contribution >= 4 is 5.97 Å². The van der Waals surface area contributed by atoms with Gasteiger partial charge in [-0.25, -0.2) is 0 Å². The van der Waals surface area contributed by atoms with Crippen molar-refractivity contribution in [2.24, 2.45) is 11.7 Å². The molecule has 0 saturated carbocycles. The highest BCUT2D eigenvalue weighted by Crippen LogP contribution is 2.28. The second-order valence-electron chi connectivity index (χ2n) is 4.91. The summed E-state index contributed by atoms with van der Waals surface area (Å²) in [6.45, 7) is 8.00. The van der Waals surface area contributed by atoms with Crippen molar-refractivity contribution < 1.29 is 9.90 Å². The predicted octanol–water partition coefficient (Wildman–Crippen LogP) is 2.72. The normalized spacial score (nSPS) is 14.4. The molecule has 3 nitrogen and oxygen atoms in total. The van der Waals surface area contributed by atoms with E-state index in [1.807, 2.05) is 20.8 Å². The van der Waals surface area contributed by atoms with Crippen molar-refractivity contribution in [3.8, 4) is 0 Å². The third-order valence-electron chi connectivity index (χ3n) is 3.18. The molecule has 0 radical (unpaired) electrons. The fourth-order valence-electron chi connectivity index (χ4n) is 2.40. The van der Waals surface area contributed by atoms with E-state index in [2.05, 4.69) is 19.1 Å². The monoisotopic (exact) mass is 235 g/mol. The second-order valence-corrected chi connectivity index (χ2v) is 4.91. The van der Waals surface area contributed by atoms with E-state index in [0.29, 0.717) is 0 Å². The van der Waals surface area contributed by atoms with E-state index < -0.39 is 5.97 Å². The van der Waals surface area contributed by atoms with Gasteiger partial charge in [0.25, 0.3) is 0 Å². The van der Waals surface area contributed by atoms with Gasteiger partial charge in [-0.1, -0.05) is 24.6 Å². The molecule has 1 aromatic rings. The van der Waals surface area contributed by atoms with Crippen LogP contribution in [-0.2, 0) is 4.79 Å². The Kier molecular flexibility index (Phi) is 4.29. The highest BCUT2D eigenvalue weighted by molar-refractivity contribution is 5.67. The first-order valence-electron chi connectivity index (χ1n) is 5.88. The number of carboxylic acids is 1. The average Bonchev–Trinajstić information content (AvgIpc) is 2.14. The Hall–Kier alpha value is -1.35. The van der Waals surface area contributed by atoms with Crippen LogP contribution in [0.3, 0.4) is 0 Å². The first kappa shape index (κ1) is 13.7. The summed E-state index contributed by atoms with van der Waals surface area (Å²) in [6.07, 6.45) is 0.105. The SMILES string of the molecule is Cc1cc(C)c(C(N)C(C)CC(=O)O)c(C)c1. The summed E-state index contributed by atoms with van der Waals surface area (Å²) in [6, 6.07) is 3.97. The zero-order valence-electron chi connectivity index (χ0n) is 10.9. The molecule has 2 unspecified atom stereocenters. The molecule has 0 spiro atoms. The smallest absolute Gasteiger partial charge is 0.303 e. The van der Waals surface area contributed by atoms with E-state index in [0.717, 1.165) is 16.7 Å². The van der Waals surface area contributed by atoms with Crippen LogP contribution in [0.25, 0.3) is 0 Å². The predicted molar refractivity (Wildman–Crippen MR) is 69.0 cm³/mol. The molecular weight excluding hydrogens is 214 g/mol. The zero-order valence-corrected chi connectivity index (χ0v) is 10.9. The van der Waals surface area contributed by atoms with Crippen molar-refractivity contribution in [1.82, 2.24) is 0 Å². The summed E-state index contributed by atoms with van der Waals surface area (Å²) in [5.74, 6) is -0.858. The van der Waals surface area contributed by atoms with Gasteiger partial charge in [0, 0.05) is 12.5 Å². The van der Waals surface area contributed by atoms with Gasteiger partial charge in [0.05, 0.1) is 0 Å². The Balaban J connectivity index is 3.03. The quantitative estimate of drug-likeness (QED) is 0.843. The first-order valence-corrected chi connectivity index (χ1v) is 5.88. The van der Waals surface area contributed by atoms with Gasteiger partial charge in [0.15, 0.2) is 0 Å². The van der Waals surface area contributed by atoms with Gasteiger partial charge in [-0.15, -0.1) is 0 Å². The summed E-state index contributed by atoms with van der Waals surface area (Å²) in [7, 11) is 0. The Morgan fingerprint density at radius 3 is 2.18 bits per heavy atom. The van der Waals surface area contributed by atoms with Gasteiger partial charge in [-0.05, 0) is 43.4 Å². The Labute approximate surface area is 103 Å². The van der Waals surface area contributed by atoms with Crippen molar-refractivity contribution in [3.63, 3.8) is 0 Å². The van der Waals surface area contributed by atoms with Crippen LogP contribution in [0.4, 0.5) is 0 Å². The number of aryl methyl sites for hydroxylation is 3. The molecule has 0 aliphatic carbocycles. The maximum Gasteiger partial charge on any atom is 0.303 e. The number of hydrogen-bond donors (Lipinski definition) is 2. The van der Waals surface area contributed by atoms with Crippen molar-refractivity contribution in [3.05, 3.63) is 34.4 Å². The lowest BCUT2D eigenvalue weighted by atomic mass is 9.86. The van der Waals surface area contributed by atoms with Crippen LogP contribution in [0.2, 0.25) is 0 Å². The van der Waals surface area contributed by atoms with Gasteiger partial charge in [0.1, 0.15) is 0 Å². The number of carbonyl (C=O) groups is 1. The molecule has 0 aliphatic rings. The minimum Gasteiger partial charge on any atom is -0.481 e. The van der Waals surface area contributed by atoms with Crippen LogP contribution in [0.15, 0.2) is 12.1 Å². The van der Waals surface area contributed by atoms with Crippen molar-refractivity contribution in [2.45, 2.75) is 40.2 Å². The topological polar surface area (TPSA) is 63.3 Å². The highest BCUT2D eigenvalue weighted by Gasteiger charge is 2.20. The maximum absolute atomic E-state index is 10.7. The molecule has 2 atom stereocenters. The summed E-state index contributed by atoms with van der Waals surface area (Å²) in [5.41, 5.74) is 10.8. The average molecular weight is 235 g/mol. The molecule has 0 amide bonds. The molecule has 0 saturated heterocycles. The lowest BCUT2D eigenvalue weighted by Crippen LogP contribution is -2.23. The maximum atomic E-state index is 10.7. The highest BCUT2D eigenvalue weighted by atomic mass is 16.4. The number of hydrogen-bond acceptors (Lipinski definition) is 2. The molecule has 1 rings (SSSR count). The van der Waals surface area contributed by atoms with E-state index in [9.17, 15) is 4.79 Å². The van der Waals surface area contributed by atoms with Crippen LogP contribution < -0.4 is 5.73 Å². The fraction of sp³-hybridized carbons (Fsp3) is 0.500. The van der Waals surface area contributed by atoms with E-state index in [4.69, 9.17) is 10.8 Å². The van der Waals surface area contributed by atoms with Gasteiger partial charge < -0.3 is 10.8 Å². The van der Waals surface area contributed by atoms with E-state index in [-0.39, 0.29) is 18.4 Å². The zero-order chi connectivity index (χ0) is 13.2. The molecule has 17 heavy (non-hydrogen) atoms. The minimum absolute atomic E-state index is 0.0624. The standard InChI is InChI=1S/C14H21NO2/c1-8-5-9(2)13(10(3)6-8)14(15)11(4)7-12(16)17/h5-6,11,14H,7,15H2,1-4H3,(H,16,17). The Bertz CT molecular complexity index is 403. The largest absolute Gasteiger partial charge is 0.481 e. The second kappa shape index (κ2) is 5.32. The van der Waals surface area contributed by atoms with E-state index >= 15 is 0 Å². The molecule has 0 heterocycles. The molecular formula is C14H21NO2. The van der Waals surface area contributed by atoms with E-state index in [1.54, 1.807) is 0 Å². The van der Waals surface area contributed by atoms with Crippen molar-refractivity contribution in [1.29, 1.82) is 0 Å². The number of nitrogens with two attached hydrogens (primary N) is 1. The molecule has 1 aromatic carbocycles. The molecule has 3 heteroatoms. The third-order valence-corrected chi connectivity index (χ3v) is 3.18. The lowest BCUT2D eigenvalue weighted by molar-refractivity contribution is -0.138. The van der Waals surface area contributed by atoms with Crippen LogP contribution >= 0.6 is 0 Å².